The number of benzene rings is 1. The van der Waals surface area contributed by atoms with Gasteiger partial charge in [0.05, 0.1) is 13.2 Å². The number of fused-ring (bicyclic) bond motifs is 2. The number of hydrogen-bond acceptors (Lipinski definition) is 5. The van der Waals surface area contributed by atoms with Gasteiger partial charge in [-0.25, -0.2) is 0 Å². The van der Waals surface area contributed by atoms with Crippen molar-refractivity contribution in [1.29, 1.82) is 0 Å². The topological polar surface area (TPSA) is 61.2 Å². The predicted molar refractivity (Wildman–Crippen MR) is 90.4 cm³/mol. The van der Waals surface area contributed by atoms with Crippen LogP contribution >= 0.6 is 0 Å². The van der Waals surface area contributed by atoms with Gasteiger partial charge < -0.3 is 19.4 Å². The van der Waals surface area contributed by atoms with Crippen molar-refractivity contribution in [3.05, 3.63) is 35.4 Å². The van der Waals surface area contributed by atoms with Crippen LogP contribution in [0.15, 0.2) is 18.2 Å². The maximum atomic E-state index is 5.91. The van der Waals surface area contributed by atoms with E-state index in [1.807, 2.05) is 12.1 Å². The van der Waals surface area contributed by atoms with Crippen LogP contribution in [0.4, 0.5) is 0 Å². The highest BCUT2D eigenvalue weighted by Gasteiger charge is 2.22. The first kappa shape index (κ1) is 15.4. The molecular weight excluding hydrogens is 304 g/mol. The van der Waals surface area contributed by atoms with Crippen LogP contribution < -0.4 is 14.8 Å². The fourth-order valence-corrected chi connectivity index (χ4v) is 3.46. The summed E-state index contributed by atoms with van der Waals surface area (Å²) in [6.07, 6.45) is 3.93. The van der Waals surface area contributed by atoms with Gasteiger partial charge in [-0.1, -0.05) is 19.1 Å². The van der Waals surface area contributed by atoms with E-state index in [4.69, 9.17) is 9.47 Å². The zero-order chi connectivity index (χ0) is 16.4. The molecule has 2 aliphatic rings. The molecule has 0 radical (unpaired) electrons. The third-order valence-corrected chi connectivity index (χ3v) is 4.77. The molecule has 0 bridgehead atoms. The summed E-state index contributed by atoms with van der Waals surface area (Å²) < 4.78 is 14.0. The van der Waals surface area contributed by atoms with E-state index in [1.165, 1.54) is 5.56 Å². The lowest BCUT2D eigenvalue weighted by molar-refractivity contribution is 0.295. The predicted octanol–water partition coefficient (Wildman–Crippen LogP) is 2.11. The molecule has 0 unspecified atom stereocenters. The molecule has 0 fully saturated rings. The van der Waals surface area contributed by atoms with E-state index in [9.17, 15) is 0 Å². The lowest BCUT2D eigenvalue weighted by Crippen LogP contribution is -2.37. The third-order valence-electron chi connectivity index (χ3n) is 4.77. The third kappa shape index (κ3) is 2.98. The van der Waals surface area contributed by atoms with Crippen LogP contribution in [0.3, 0.4) is 0 Å². The minimum absolute atomic E-state index is 0.432. The van der Waals surface area contributed by atoms with Gasteiger partial charge in [0.2, 0.25) is 0 Å². The number of nitrogens with one attached hydrogen (secondary N) is 1. The van der Waals surface area contributed by atoms with Crippen molar-refractivity contribution in [1.82, 2.24) is 20.1 Å². The van der Waals surface area contributed by atoms with E-state index >= 15 is 0 Å². The number of ether oxygens (including phenoxy) is 2. The summed E-state index contributed by atoms with van der Waals surface area (Å²) in [6, 6.07) is 6.58. The van der Waals surface area contributed by atoms with Gasteiger partial charge in [0.25, 0.3) is 0 Å². The maximum absolute atomic E-state index is 5.91. The largest absolute Gasteiger partial charge is 0.490 e. The highest BCUT2D eigenvalue weighted by atomic mass is 16.5. The van der Waals surface area contributed by atoms with Crippen LogP contribution in [0.2, 0.25) is 0 Å². The molecule has 0 saturated heterocycles. The van der Waals surface area contributed by atoms with E-state index < -0.39 is 0 Å². The van der Waals surface area contributed by atoms with E-state index in [-0.39, 0.29) is 0 Å². The number of aromatic nitrogens is 3. The molecule has 4 rings (SSSR count). The number of aryl methyl sites for hydroxylation is 2. The van der Waals surface area contributed by atoms with Crippen LogP contribution in [0, 0.1) is 0 Å². The second-order valence-corrected chi connectivity index (χ2v) is 6.41. The van der Waals surface area contributed by atoms with Crippen molar-refractivity contribution in [3.8, 4) is 11.5 Å². The lowest BCUT2D eigenvalue weighted by Gasteiger charge is -2.25. The molecule has 6 heteroatoms. The lowest BCUT2D eigenvalue weighted by atomic mass is 10.1. The Morgan fingerprint density at radius 1 is 1.25 bits per heavy atom. The van der Waals surface area contributed by atoms with Crippen LogP contribution in [-0.2, 0) is 25.9 Å². The van der Waals surface area contributed by atoms with E-state index in [2.05, 4.69) is 33.1 Å². The fraction of sp³-hybridized carbons (Fsp3) is 0.556. The molecule has 0 spiro atoms. The summed E-state index contributed by atoms with van der Waals surface area (Å²) in [5.41, 5.74) is 1.17. The van der Waals surface area contributed by atoms with E-state index in [0.29, 0.717) is 6.04 Å². The highest BCUT2D eigenvalue weighted by Crippen LogP contribution is 2.33. The first-order chi connectivity index (χ1) is 11.8. The zero-order valence-electron chi connectivity index (χ0n) is 14.1. The van der Waals surface area contributed by atoms with Gasteiger partial charge in [-0.05, 0) is 12.5 Å². The summed E-state index contributed by atoms with van der Waals surface area (Å²) in [5, 5.41) is 12.3. The van der Waals surface area contributed by atoms with Gasteiger partial charge in [0.15, 0.2) is 11.5 Å². The maximum Gasteiger partial charge on any atom is 0.165 e. The molecule has 2 aromatic rings. The highest BCUT2D eigenvalue weighted by molar-refractivity contribution is 5.47. The number of para-hydroxylation sites is 1. The van der Waals surface area contributed by atoms with Gasteiger partial charge in [-0.3, -0.25) is 0 Å². The number of rotatable bonds is 4. The molecule has 24 heavy (non-hydrogen) atoms. The summed E-state index contributed by atoms with van der Waals surface area (Å²) in [6.45, 7) is 5.30. The molecular formula is C18H24N4O2. The van der Waals surface area contributed by atoms with Crippen molar-refractivity contribution in [2.45, 2.75) is 51.7 Å². The van der Waals surface area contributed by atoms with E-state index in [1.54, 1.807) is 0 Å². The van der Waals surface area contributed by atoms with Crippen molar-refractivity contribution in [2.75, 3.05) is 13.2 Å². The SMILES string of the molecule is CCc1nnc2n1C[C@@H](NCc1cccc3c1OCCCO3)CC2. The Hall–Kier alpha value is -2.08. The molecule has 2 aliphatic heterocycles. The average molecular weight is 328 g/mol. The Balaban J connectivity index is 1.45. The van der Waals surface area contributed by atoms with Gasteiger partial charge in [0.1, 0.15) is 11.6 Å². The molecule has 1 atom stereocenters. The molecule has 1 aromatic carbocycles. The first-order valence-electron chi connectivity index (χ1n) is 8.87. The molecule has 6 nitrogen and oxygen atoms in total. The molecule has 0 amide bonds. The van der Waals surface area contributed by atoms with Crippen LogP contribution in [0.5, 0.6) is 11.5 Å². The average Bonchev–Trinajstić information content (AvgIpc) is 2.86. The Kier molecular flexibility index (Phi) is 4.38. The summed E-state index contributed by atoms with van der Waals surface area (Å²) in [4.78, 5) is 0. The van der Waals surface area contributed by atoms with E-state index in [0.717, 1.165) is 75.1 Å². The summed E-state index contributed by atoms with van der Waals surface area (Å²) in [7, 11) is 0. The summed E-state index contributed by atoms with van der Waals surface area (Å²) >= 11 is 0. The zero-order valence-corrected chi connectivity index (χ0v) is 14.1. The Bertz CT molecular complexity index is 700. The smallest absolute Gasteiger partial charge is 0.165 e. The Morgan fingerprint density at radius 3 is 3.08 bits per heavy atom. The molecule has 128 valence electrons. The minimum Gasteiger partial charge on any atom is -0.490 e. The van der Waals surface area contributed by atoms with Gasteiger partial charge in [-0.2, -0.15) is 0 Å². The standard InChI is InChI=1S/C18H24N4O2/c1-2-16-20-21-17-8-7-14(12-22(16)17)19-11-13-5-3-6-15-18(13)24-10-4-9-23-15/h3,5-6,14,19H,2,4,7-12H2,1H3/t14-/m0/s1. The van der Waals surface area contributed by atoms with Crippen molar-refractivity contribution >= 4 is 0 Å². The first-order valence-corrected chi connectivity index (χ1v) is 8.87. The van der Waals surface area contributed by atoms with Gasteiger partial charge >= 0.3 is 0 Å². The number of nitrogens with zero attached hydrogens (tertiary/aromatic N) is 3. The van der Waals surface area contributed by atoms with Crippen LogP contribution in [0.25, 0.3) is 0 Å². The quantitative estimate of drug-likeness (QED) is 0.931. The minimum atomic E-state index is 0.432. The molecule has 1 aromatic heterocycles. The fourth-order valence-electron chi connectivity index (χ4n) is 3.46. The molecule has 0 aliphatic carbocycles. The summed E-state index contributed by atoms with van der Waals surface area (Å²) in [5.74, 6) is 3.97. The second-order valence-electron chi connectivity index (χ2n) is 6.41. The van der Waals surface area contributed by atoms with Crippen LogP contribution in [0.1, 0.15) is 37.0 Å². The van der Waals surface area contributed by atoms with Crippen molar-refractivity contribution < 1.29 is 9.47 Å². The molecule has 0 saturated carbocycles. The van der Waals surface area contributed by atoms with Gasteiger partial charge in [0, 0.05) is 44.0 Å². The monoisotopic (exact) mass is 328 g/mol. The van der Waals surface area contributed by atoms with Crippen molar-refractivity contribution in [3.63, 3.8) is 0 Å². The second kappa shape index (κ2) is 6.81. The Labute approximate surface area is 142 Å². The number of hydrogen-bond donors (Lipinski definition) is 1. The molecule has 3 heterocycles. The molecule has 1 N–H and O–H groups in total. The Morgan fingerprint density at radius 2 is 2.17 bits per heavy atom. The normalized spacial score (nSPS) is 19.6. The van der Waals surface area contributed by atoms with Crippen molar-refractivity contribution in [2.24, 2.45) is 0 Å². The van der Waals surface area contributed by atoms with Crippen LogP contribution in [-0.4, -0.2) is 34.0 Å². The van der Waals surface area contributed by atoms with Gasteiger partial charge in [-0.15, -0.1) is 10.2 Å².